The Bertz CT molecular complexity index is 165. The van der Waals surface area contributed by atoms with Gasteiger partial charge in [-0.3, -0.25) is 4.79 Å². The number of hydrogen-bond donors (Lipinski definition) is 0. The highest BCUT2D eigenvalue weighted by Gasteiger charge is 2.39. The first kappa shape index (κ1) is 14.4. The molecule has 1 rings (SSSR count). The highest BCUT2D eigenvalue weighted by atomic mass is 16.5. The zero-order chi connectivity index (χ0) is 11.7. The summed E-state index contributed by atoms with van der Waals surface area (Å²) >= 11 is 0. The van der Waals surface area contributed by atoms with Gasteiger partial charge in [-0.15, -0.1) is 0 Å². The second kappa shape index (κ2) is 7.69. The summed E-state index contributed by atoms with van der Waals surface area (Å²) in [5.41, 5.74) is 0.00521. The van der Waals surface area contributed by atoms with Crippen LogP contribution in [-0.4, -0.2) is 37.1 Å². The quantitative estimate of drug-likeness (QED) is 0.659. The zero-order valence-corrected chi connectivity index (χ0v) is 10.6. The van der Waals surface area contributed by atoms with Crippen LogP contribution in [-0.2, 0) is 9.53 Å². The van der Waals surface area contributed by atoms with Crippen molar-refractivity contribution in [3.63, 3.8) is 0 Å². The van der Waals surface area contributed by atoms with E-state index in [1.165, 1.54) is 0 Å². The van der Waals surface area contributed by atoms with Crippen LogP contribution in [0.5, 0.6) is 0 Å². The van der Waals surface area contributed by atoms with Crippen LogP contribution in [0.2, 0.25) is 0 Å². The van der Waals surface area contributed by atoms with Crippen molar-refractivity contribution >= 4 is 6.41 Å². The minimum absolute atomic E-state index is 0.00521. The van der Waals surface area contributed by atoms with Gasteiger partial charge in [-0.1, -0.05) is 27.2 Å². The topological polar surface area (TPSA) is 29.5 Å². The molecular weight excluding hydrogens is 190 g/mol. The molecule has 0 aromatic heterocycles. The van der Waals surface area contributed by atoms with Gasteiger partial charge in [-0.05, 0) is 19.3 Å². The van der Waals surface area contributed by atoms with E-state index >= 15 is 0 Å². The molecule has 0 aromatic rings. The van der Waals surface area contributed by atoms with Gasteiger partial charge in [0.1, 0.15) is 0 Å². The van der Waals surface area contributed by atoms with Crippen LogP contribution < -0.4 is 0 Å². The Morgan fingerprint density at radius 1 is 1.47 bits per heavy atom. The van der Waals surface area contributed by atoms with Crippen LogP contribution in [0.15, 0.2) is 0 Å². The van der Waals surface area contributed by atoms with Crippen LogP contribution in [0.4, 0.5) is 0 Å². The lowest BCUT2D eigenvalue weighted by Gasteiger charge is -2.35. The second-order valence-electron chi connectivity index (χ2n) is 3.81. The number of methoxy groups -OCH3 is 1. The van der Waals surface area contributed by atoms with E-state index in [1.54, 1.807) is 7.11 Å². The Balaban J connectivity index is 0.000000921. The van der Waals surface area contributed by atoms with E-state index in [0.29, 0.717) is 6.61 Å². The average Bonchev–Trinajstić information content (AvgIpc) is 2.65. The Hall–Kier alpha value is -0.570. The molecule has 1 heterocycles. The summed E-state index contributed by atoms with van der Waals surface area (Å²) in [7, 11) is 1.71. The van der Waals surface area contributed by atoms with Gasteiger partial charge < -0.3 is 9.64 Å². The summed E-state index contributed by atoms with van der Waals surface area (Å²) in [6.07, 6.45) is 5.34. The minimum atomic E-state index is 0.00521. The molecule has 0 N–H and O–H groups in total. The van der Waals surface area contributed by atoms with Crippen LogP contribution in [0.1, 0.15) is 46.5 Å². The maximum Gasteiger partial charge on any atom is 0.210 e. The normalized spacial score (nSPS) is 24.7. The molecule has 90 valence electrons. The third kappa shape index (κ3) is 3.49. The van der Waals surface area contributed by atoms with Crippen molar-refractivity contribution in [2.45, 2.75) is 52.0 Å². The van der Waals surface area contributed by atoms with Crippen molar-refractivity contribution in [2.24, 2.45) is 0 Å². The molecule has 0 saturated carbocycles. The molecule has 0 radical (unpaired) electrons. The summed E-state index contributed by atoms with van der Waals surface area (Å²) < 4.78 is 5.21. The van der Waals surface area contributed by atoms with Gasteiger partial charge in [0, 0.05) is 13.7 Å². The van der Waals surface area contributed by atoms with Crippen molar-refractivity contribution in [2.75, 3.05) is 20.3 Å². The molecular formula is C12H25NO2. The fourth-order valence-corrected chi connectivity index (χ4v) is 2.35. The highest BCUT2D eigenvalue weighted by Crippen LogP contribution is 2.32. The predicted octanol–water partition coefficient (Wildman–Crippen LogP) is 2.45. The van der Waals surface area contributed by atoms with Gasteiger partial charge in [-0.2, -0.15) is 0 Å². The monoisotopic (exact) mass is 215 g/mol. The van der Waals surface area contributed by atoms with Gasteiger partial charge in [0.05, 0.1) is 12.1 Å². The lowest BCUT2D eigenvalue weighted by molar-refractivity contribution is -0.124. The molecule has 0 aliphatic carbocycles. The lowest BCUT2D eigenvalue weighted by Crippen LogP contribution is -2.46. The fraction of sp³-hybridized carbons (Fsp3) is 0.917. The number of hydrogen-bond acceptors (Lipinski definition) is 2. The number of amides is 1. The Morgan fingerprint density at radius 2 is 2.13 bits per heavy atom. The minimum Gasteiger partial charge on any atom is -0.382 e. The number of nitrogens with zero attached hydrogens (tertiary/aromatic N) is 1. The van der Waals surface area contributed by atoms with E-state index in [9.17, 15) is 4.79 Å². The lowest BCUT2D eigenvalue weighted by atomic mass is 9.92. The third-order valence-electron chi connectivity index (χ3n) is 2.91. The number of likely N-dealkylation sites (tertiary alicyclic amines) is 1. The van der Waals surface area contributed by atoms with E-state index < -0.39 is 0 Å². The number of carbonyl (C=O) groups is 1. The standard InChI is InChI=1S/C10H19NO2.C2H6/c1-3-5-10(8-13-2)6-4-7-11(10)9-12;1-2/h9H,3-8H2,1-2H3;1-2H3. The number of ether oxygens (including phenoxy) is 1. The van der Waals surface area contributed by atoms with Crippen molar-refractivity contribution in [3.8, 4) is 0 Å². The molecule has 1 aliphatic heterocycles. The van der Waals surface area contributed by atoms with Crippen LogP contribution in [0.3, 0.4) is 0 Å². The fourth-order valence-electron chi connectivity index (χ4n) is 2.35. The first-order valence-electron chi connectivity index (χ1n) is 6.00. The highest BCUT2D eigenvalue weighted by molar-refractivity contribution is 5.50. The summed E-state index contributed by atoms with van der Waals surface area (Å²) in [5, 5.41) is 0. The van der Waals surface area contributed by atoms with E-state index in [0.717, 1.165) is 38.6 Å². The largest absolute Gasteiger partial charge is 0.382 e. The predicted molar refractivity (Wildman–Crippen MR) is 62.9 cm³/mol. The molecule has 15 heavy (non-hydrogen) atoms. The van der Waals surface area contributed by atoms with Gasteiger partial charge in [0.15, 0.2) is 0 Å². The Morgan fingerprint density at radius 3 is 2.60 bits per heavy atom. The van der Waals surface area contributed by atoms with E-state index in [-0.39, 0.29) is 5.54 Å². The number of rotatable bonds is 5. The van der Waals surface area contributed by atoms with Gasteiger partial charge in [-0.25, -0.2) is 0 Å². The first-order valence-corrected chi connectivity index (χ1v) is 6.00. The molecule has 1 aliphatic rings. The van der Waals surface area contributed by atoms with E-state index in [4.69, 9.17) is 4.74 Å². The molecule has 1 fully saturated rings. The van der Waals surface area contributed by atoms with Crippen molar-refractivity contribution in [1.82, 2.24) is 4.90 Å². The molecule has 1 atom stereocenters. The van der Waals surface area contributed by atoms with Crippen LogP contribution in [0.25, 0.3) is 0 Å². The Labute approximate surface area is 93.8 Å². The molecule has 0 aromatic carbocycles. The van der Waals surface area contributed by atoms with E-state index in [1.807, 2.05) is 18.7 Å². The summed E-state index contributed by atoms with van der Waals surface area (Å²) in [6, 6.07) is 0. The van der Waals surface area contributed by atoms with Crippen molar-refractivity contribution in [1.29, 1.82) is 0 Å². The maximum atomic E-state index is 10.8. The molecule has 1 saturated heterocycles. The summed E-state index contributed by atoms with van der Waals surface area (Å²) in [5.74, 6) is 0. The maximum absolute atomic E-state index is 10.8. The third-order valence-corrected chi connectivity index (χ3v) is 2.91. The van der Waals surface area contributed by atoms with Gasteiger partial charge in [0.2, 0.25) is 6.41 Å². The summed E-state index contributed by atoms with van der Waals surface area (Å²) in [4.78, 5) is 12.8. The zero-order valence-electron chi connectivity index (χ0n) is 10.6. The molecule has 1 unspecified atom stereocenters. The smallest absolute Gasteiger partial charge is 0.210 e. The van der Waals surface area contributed by atoms with Crippen LogP contribution in [0, 0.1) is 0 Å². The SMILES string of the molecule is CC.CCCC1(COC)CCCN1C=O. The van der Waals surface area contributed by atoms with Gasteiger partial charge >= 0.3 is 0 Å². The van der Waals surface area contributed by atoms with E-state index in [2.05, 4.69) is 6.92 Å². The summed E-state index contributed by atoms with van der Waals surface area (Å²) in [6.45, 7) is 7.73. The molecule has 0 bridgehead atoms. The number of carbonyl (C=O) groups excluding carboxylic acids is 1. The van der Waals surface area contributed by atoms with Crippen molar-refractivity contribution in [3.05, 3.63) is 0 Å². The molecule has 0 spiro atoms. The van der Waals surface area contributed by atoms with Gasteiger partial charge in [0.25, 0.3) is 0 Å². The van der Waals surface area contributed by atoms with Crippen molar-refractivity contribution < 1.29 is 9.53 Å². The first-order chi connectivity index (χ1) is 7.29. The Kier molecular flexibility index (Phi) is 7.39. The second-order valence-corrected chi connectivity index (χ2v) is 3.81. The molecule has 3 nitrogen and oxygen atoms in total. The van der Waals surface area contributed by atoms with Crippen LogP contribution >= 0.6 is 0 Å². The molecule has 3 heteroatoms. The average molecular weight is 215 g/mol. The molecule has 1 amide bonds.